The van der Waals surface area contributed by atoms with Crippen LogP contribution in [0.4, 0.5) is 0 Å². The number of hydrogen-bond donors (Lipinski definition) is 1. The molecule has 17 heavy (non-hydrogen) atoms. The topological polar surface area (TPSA) is 38.7 Å². The summed E-state index contributed by atoms with van der Waals surface area (Å²) in [6.07, 6.45) is 0.925. The minimum atomic E-state index is -0.0867. The fraction of sp³-hybridized carbons (Fsp3) is 0.571. The van der Waals surface area contributed by atoms with Gasteiger partial charge in [-0.15, -0.1) is 0 Å². The number of aliphatic hydroxyl groups is 1. The quantitative estimate of drug-likeness (QED) is 0.755. The van der Waals surface area contributed by atoms with Gasteiger partial charge >= 0.3 is 0 Å². The lowest BCUT2D eigenvalue weighted by atomic mass is 10.2. The summed E-state index contributed by atoms with van der Waals surface area (Å²) >= 11 is 0. The lowest BCUT2D eigenvalue weighted by Gasteiger charge is -2.15. The van der Waals surface area contributed by atoms with Crippen molar-refractivity contribution in [2.24, 2.45) is 0 Å². The van der Waals surface area contributed by atoms with Crippen LogP contribution in [-0.2, 0) is 16.1 Å². The first-order valence-corrected chi connectivity index (χ1v) is 6.10. The molecule has 0 aliphatic carbocycles. The molecule has 0 aromatic heterocycles. The number of benzene rings is 1. The lowest BCUT2D eigenvalue weighted by molar-refractivity contribution is -0.0114. The minimum absolute atomic E-state index is 0.0687. The Hall–Kier alpha value is -0.900. The SMILES string of the molecule is C[C@H](CCO[C@@H](C)CO)OCc1ccccc1. The molecule has 0 radical (unpaired) electrons. The van der Waals surface area contributed by atoms with E-state index in [0.29, 0.717) is 13.2 Å². The molecule has 1 aromatic rings. The van der Waals surface area contributed by atoms with Crippen LogP contribution in [0.3, 0.4) is 0 Å². The molecule has 0 aliphatic rings. The molecule has 3 nitrogen and oxygen atoms in total. The molecule has 0 spiro atoms. The highest BCUT2D eigenvalue weighted by molar-refractivity contribution is 5.13. The third kappa shape index (κ3) is 6.41. The molecular weight excluding hydrogens is 216 g/mol. The van der Waals surface area contributed by atoms with Gasteiger partial charge in [0.05, 0.1) is 25.4 Å². The van der Waals surface area contributed by atoms with Crippen molar-refractivity contribution in [3.63, 3.8) is 0 Å². The molecule has 1 rings (SSSR count). The second kappa shape index (κ2) is 8.23. The summed E-state index contributed by atoms with van der Waals surface area (Å²) in [6, 6.07) is 10.1. The monoisotopic (exact) mass is 238 g/mol. The highest BCUT2D eigenvalue weighted by Crippen LogP contribution is 2.06. The zero-order valence-electron chi connectivity index (χ0n) is 10.6. The molecular formula is C14H22O3. The predicted molar refractivity (Wildman–Crippen MR) is 67.8 cm³/mol. The second-order valence-electron chi connectivity index (χ2n) is 4.26. The van der Waals surface area contributed by atoms with Gasteiger partial charge in [0.1, 0.15) is 0 Å². The first kappa shape index (κ1) is 14.2. The standard InChI is InChI=1S/C14H22O3/c1-12(8-9-16-13(2)10-15)17-11-14-6-4-3-5-7-14/h3-7,12-13,15H,8-11H2,1-2H3/t12-,13+/m1/s1. The first-order valence-electron chi connectivity index (χ1n) is 6.10. The average Bonchev–Trinajstić information content (AvgIpc) is 2.37. The molecule has 1 aromatic carbocycles. The fourth-order valence-corrected chi connectivity index (χ4v) is 1.38. The van der Waals surface area contributed by atoms with Crippen LogP contribution in [0.15, 0.2) is 30.3 Å². The Labute approximate surface area is 103 Å². The highest BCUT2D eigenvalue weighted by Gasteiger charge is 2.05. The molecule has 0 amide bonds. The van der Waals surface area contributed by atoms with E-state index < -0.39 is 0 Å². The predicted octanol–water partition coefficient (Wildman–Crippen LogP) is 2.38. The van der Waals surface area contributed by atoms with E-state index in [9.17, 15) is 0 Å². The third-order valence-electron chi connectivity index (χ3n) is 2.56. The maximum absolute atomic E-state index is 8.80. The van der Waals surface area contributed by atoms with Gasteiger partial charge in [0.15, 0.2) is 0 Å². The summed E-state index contributed by atoms with van der Waals surface area (Å²) in [5, 5.41) is 8.80. The molecule has 0 bridgehead atoms. The molecule has 0 aliphatic heterocycles. The van der Waals surface area contributed by atoms with Crippen LogP contribution >= 0.6 is 0 Å². The van der Waals surface area contributed by atoms with Gasteiger partial charge in [-0.25, -0.2) is 0 Å². The summed E-state index contributed by atoms with van der Waals surface area (Å²) in [5.74, 6) is 0. The van der Waals surface area contributed by atoms with Crippen molar-refractivity contribution in [1.82, 2.24) is 0 Å². The van der Waals surface area contributed by atoms with E-state index in [1.807, 2.05) is 32.0 Å². The normalized spacial score (nSPS) is 14.5. The molecule has 1 N–H and O–H groups in total. The zero-order chi connectivity index (χ0) is 12.5. The van der Waals surface area contributed by atoms with E-state index >= 15 is 0 Å². The Kier molecular flexibility index (Phi) is 6.86. The van der Waals surface area contributed by atoms with Gasteiger partial charge in [-0.05, 0) is 25.8 Å². The van der Waals surface area contributed by atoms with Crippen LogP contribution in [0.1, 0.15) is 25.8 Å². The molecule has 3 heteroatoms. The van der Waals surface area contributed by atoms with Crippen molar-refractivity contribution in [3.8, 4) is 0 Å². The Balaban J connectivity index is 2.11. The van der Waals surface area contributed by atoms with Crippen LogP contribution in [0, 0.1) is 0 Å². The molecule has 0 fully saturated rings. The Morgan fingerprint density at radius 2 is 1.76 bits per heavy atom. The summed E-state index contributed by atoms with van der Waals surface area (Å²) in [4.78, 5) is 0. The maximum atomic E-state index is 8.80. The van der Waals surface area contributed by atoms with E-state index in [4.69, 9.17) is 14.6 Å². The van der Waals surface area contributed by atoms with Crippen LogP contribution in [0.2, 0.25) is 0 Å². The molecule has 0 unspecified atom stereocenters. The van der Waals surface area contributed by atoms with Gasteiger partial charge in [-0.3, -0.25) is 0 Å². The highest BCUT2D eigenvalue weighted by atomic mass is 16.5. The number of ether oxygens (including phenoxy) is 2. The zero-order valence-corrected chi connectivity index (χ0v) is 10.6. The molecule has 0 heterocycles. The average molecular weight is 238 g/mol. The Morgan fingerprint density at radius 3 is 2.41 bits per heavy atom. The number of hydrogen-bond acceptors (Lipinski definition) is 3. The lowest BCUT2D eigenvalue weighted by Crippen LogP contribution is -2.17. The first-order chi connectivity index (χ1) is 8.22. The van der Waals surface area contributed by atoms with Gasteiger partial charge in [-0.2, -0.15) is 0 Å². The summed E-state index contributed by atoms with van der Waals surface area (Å²) in [6.45, 7) is 5.22. The second-order valence-corrected chi connectivity index (χ2v) is 4.26. The van der Waals surface area contributed by atoms with Crippen molar-refractivity contribution in [3.05, 3.63) is 35.9 Å². The Bertz CT molecular complexity index is 287. The molecule has 0 saturated carbocycles. The van der Waals surface area contributed by atoms with Crippen molar-refractivity contribution >= 4 is 0 Å². The fourth-order valence-electron chi connectivity index (χ4n) is 1.38. The third-order valence-corrected chi connectivity index (χ3v) is 2.56. The number of aliphatic hydroxyl groups excluding tert-OH is 1. The summed E-state index contributed by atoms with van der Waals surface area (Å²) < 4.78 is 11.1. The minimum Gasteiger partial charge on any atom is -0.394 e. The number of rotatable bonds is 8. The smallest absolute Gasteiger partial charge is 0.0777 e. The van der Waals surface area contributed by atoms with E-state index in [0.717, 1.165) is 6.42 Å². The van der Waals surface area contributed by atoms with E-state index in [1.165, 1.54) is 5.56 Å². The van der Waals surface area contributed by atoms with Gasteiger partial charge in [0.2, 0.25) is 0 Å². The van der Waals surface area contributed by atoms with Gasteiger partial charge in [0, 0.05) is 6.61 Å². The van der Waals surface area contributed by atoms with Gasteiger partial charge < -0.3 is 14.6 Å². The van der Waals surface area contributed by atoms with Crippen molar-refractivity contribution in [1.29, 1.82) is 0 Å². The summed E-state index contributed by atoms with van der Waals surface area (Å²) in [5.41, 5.74) is 1.18. The molecule has 0 saturated heterocycles. The van der Waals surface area contributed by atoms with Crippen LogP contribution in [-0.4, -0.2) is 30.5 Å². The van der Waals surface area contributed by atoms with Crippen LogP contribution in [0.5, 0.6) is 0 Å². The van der Waals surface area contributed by atoms with Crippen molar-refractivity contribution in [2.45, 2.75) is 39.1 Å². The van der Waals surface area contributed by atoms with Crippen LogP contribution in [0.25, 0.3) is 0 Å². The van der Waals surface area contributed by atoms with Gasteiger partial charge in [0.25, 0.3) is 0 Å². The molecule has 96 valence electrons. The summed E-state index contributed by atoms with van der Waals surface area (Å²) in [7, 11) is 0. The van der Waals surface area contributed by atoms with Gasteiger partial charge in [-0.1, -0.05) is 30.3 Å². The largest absolute Gasteiger partial charge is 0.394 e. The van der Waals surface area contributed by atoms with Crippen molar-refractivity contribution < 1.29 is 14.6 Å². The maximum Gasteiger partial charge on any atom is 0.0777 e. The van der Waals surface area contributed by atoms with E-state index in [1.54, 1.807) is 0 Å². The van der Waals surface area contributed by atoms with E-state index in [2.05, 4.69) is 12.1 Å². The Morgan fingerprint density at radius 1 is 1.06 bits per heavy atom. The van der Waals surface area contributed by atoms with E-state index in [-0.39, 0.29) is 18.8 Å². The van der Waals surface area contributed by atoms with Crippen molar-refractivity contribution in [2.75, 3.05) is 13.2 Å². The molecule has 2 atom stereocenters. The van der Waals surface area contributed by atoms with Crippen LogP contribution < -0.4 is 0 Å².